The molecule has 0 aliphatic rings. The minimum absolute atomic E-state index is 0.115. The number of halogens is 1. The molecule has 2 rings (SSSR count). The van der Waals surface area contributed by atoms with Gasteiger partial charge in [0.15, 0.2) is 0 Å². The van der Waals surface area contributed by atoms with Gasteiger partial charge in [-0.15, -0.1) is 0 Å². The van der Waals surface area contributed by atoms with E-state index in [2.05, 4.69) is 10.6 Å². The molecule has 0 fully saturated rings. The first kappa shape index (κ1) is 13.5. The van der Waals surface area contributed by atoms with Crippen LogP contribution in [0.1, 0.15) is 24.3 Å². The maximum Gasteiger partial charge on any atom is 0.315 e. The van der Waals surface area contributed by atoms with Crippen LogP contribution in [0.15, 0.2) is 47.1 Å². The van der Waals surface area contributed by atoms with E-state index in [1.807, 2.05) is 25.1 Å². The molecule has 5 heteroatoms. The number of carbonyl (C=O) groups is 1. The number of urea groups is 1. The fourth-order valence-electron chi connectivity index (χ4n) is 1.69. The second-order valence-corrected chi connectivity index (χ2v) is 4.62. The predicted octanol–water partition coefficient (Wildman–Crippen LogP) is 3.49. The minimum Gasteiger partial charge on any atom is -0.467 e. The quantitative estimate of drug-likeness (QED) is 0.899. The molecule has 0 aliphatic carbocycles. The molecule has 100 valence electrons. The number of furan rings is 1. The molecular formula is C14H15ClN2O2. The Bertz CT molecular complexity index is 540. The van der Waals surface area contributed by atoms with Crippen molar-refractivity contribution in [2.24, 2.45) is 0 Å². The molecule has 0 saturated heterocycles. The van der Waals surface area contributed by atoms with Crippen LogP contribution < -0.4 is 10.6 Å². The first-order valence-electron chi connectivity index (χ1n) is 5.97. The van der Waals surface area contributed by atoms with Gasteiger partial charge in [-0.2, -0.15) is 0 Å². The van der Waals surface area contributed by atoms with Crippen LogP contribution in [0.5, 0.6) is 0 Å². The van der Waals surface area contributed by atoms with E-state index in [0.29, 0.717) is 17.3 Å². The molecule has 19 heavy (non-hydrogen) atoms. The van der Waals surface area contributed by atoms with E-state index < -0.39 is 0 Å². The van der Waals surface area contributed by atoms with Crippen LogP contribution in [0.25, 0.3) is 0 Å². The van der Waals surface area contributed by atoms with Gasteiger partial charge >= 0.3 is 6.03 Å². The van der Waals surface area contributed by atoms with Gasteiger partial charge in [-0.05, 0) is 36.8 Å². The highest BCUT2D eigenvalue weighted by atomic mass is 35.5. The van der Waals surface area contributed by atoms with Crippen LogP contribution in [-0.2, 0) is 6.54 Å². The number of amides is 2. The summed E-state index contributed by atoms with van der Waals surface area (Å²) in [6, 6.07) is 10.6. The third-order valence-electron chi connectivity index (χ3n) is 2.70. The molecule has 0 aliphatic heterocycles. The van der Waals surface area contributed by atoms with Gasteiger partial charge in [-0.25, -0.2) is 4.79 Å². The van der Waals surface area contributed by atoms with Crippen LogP contribution in [0.4, 0.5) is 4.79 Å². The monoisotopic (exact) mass is 278 g/mol. The lowest BCUT2D eigenvalue weighted by Gasteiger charge is -2.15. The van der Waals surface area contributed by atoms with Crippen molar-refractivity contribution in [2.75, 3.05) is 0 Å². The van der Waals surface area contributed by atoms with Gasteiger partial charge in [-0.1, -0.05) is 23.7 Å². The third kappa shape index (κ3) is 4.03. The van der Waals surface area contributed by atoms with Gasteiger partial charge in [0, 0.05) is 5.02 Å². The zero-order valence-corrected chi connectivity index (χ0v) is 11.3. The molecule has 4 nitrogen and oxygen atoms in total. The van der Waals surface area contributed by atoms with E-state index in [-0.39, 0.29) is 12.1 Å². The Morgan fingerprint density at radius 1 is 1.37 bits per heavy atom. The van der Waals surface area contributed by atoms with Crippen molar-refractivity contribution in [1.29, 1.82) is 0 Å². The van der Waals surface area contributed by atoms with E-state index in [9.17, 15) is 4.79 Å². The Labute approximate surface area is 116 Å². The SMILES string of the molecule is C[C@H](NC(=O)NCc1ccco1)c1cccc(Cl)c1. The maximum absolute atomic E-state index is 11.7. The first-order chi connectivity index (χ1) is 9.15. The molecule has 0 saturated carbocycles. The number of nitrogens with one attached hydrogen (secondary N) is 2. The van der Waals surface area contributed by atoms with E-state index in [1.54, 1.807) is 24.5 Å². The van der Waals surface area contributed by atoms with Crippen LogP contribution in [-0.4, -0.2) is 6.03 Å². The summed E-state index contributed by atoms with van der Waals surface area (Å²) >= 11 is 5.91. The number of benzene rings is 1. The normalized spacial score (nSPS) is 11.9. The summed E-state index contributed by atoms with van der Waals surface area (Å²) in [4.78, 5) is 11.7. The van der Waals surface area contributed by atoms with Crippen molar-refractivity contribution in [3.63, 3.8) is 0 Å². The van der Waals surface area contributed by atoms with Gasteiger partial charge < -0.3 is 15.1 Å². The first-order valence-corrected chi connectivity index (χ1v) is 6.35. The van der Waals surface area contributed by atoms with Gasteiger partial charge in [0.1, 0.15) is 5.76 Å². The van der Waals surface area contributed by atoms with E-state index in [4.69, 9.17) is 16.0 Å². The van der Waals surface area contributed by atoms with E-state index >= 15 is 0 Å². The highest BCUT2D eigenvalue weighted by Gasteiger charge is 2.09. The molecule has 1 aromatic heterocycles. The van der Waals surface area contributed by atoms with Crippen molar-refractivity contribution in [2.45, 2.75) is 19.5 Å². The highest BCUT2D eigenvalue weighted by Crippen LogP contribution is 2.17. The lowest BCUT2D eigenvalue weighted by Crippen LogP contribution is -2.36. The molecule has 0 radical (unpaired) electrons. The van der Waals surface area contributed by atoms with Crippen molar-refractivity contribution in [3.8, 4) is 0 Å². The Kier molecular flexibility index (Phi) is 4.47. The summed E-state index contributed by atoms with van der Waals surface area (Å²) in [6.45, 7) is 2.26. The maximum atomic E-state index is 11.7. The van der Waals surface area contributed by atoms with E-state index in [0.717, 1.165) is 5.56 Å². The van der Waals surface area contributed by atoms with Gasteiger partial charge in [0.2, 0.25) is 0 Å². The molecule has 1 aromatic carbocycles. The molecule has 0 unspecified atom stereocenters. The zero-order valence-electron chi connectivity index (χ0n) is 10.5. The lowest BCUT2D eigenvalue weighted by molar-refractivity contribution is 0.236. The summed E-state index contributed by atoms with van der Waals surface area (Å²) in [5, 5.41) is 6.21. The van der Waals surface area contributed by atoms with Gasteiger partial charge in [0.05, 0.1) is 18.8 Å². The Morgan fingerprint density at radius 3 is 2.89 bits per heavy atom. The summed E-state index contributed by atoms with van der Waals surface area (Å²) < 4.78 is 5.13. The Hall–Kier alpha value is -1.94. The molecular weight excluding hydrogens is 264 g/mol. The van der Waals surface area contributed by atoms with Crippen molar-refractivity contribution >= 4 is 17.6 Å². The summed E-state index contributed by atoms with van der Waals surface area (Å²) in [6.07, 6.45) is 1.57. The van der Waals surface area contributed by atoms with Gasteiger partial charge in [0.25, 0.3) is 0 Å². The highest BCUT2D eigenvalue weighted by molar-refractivity contribution is 6.30. The molecule has 0 bridgehead atoms. The fraction of sp³-hybridized carbons (Fsp3) is 0.214. The molecule has 2 aromatic rings. The Balaban J connectivity index is 1.84. The molecule has 0 spiro atoms. The summed E-state index contributed by atoms with van der Waals surface area (Å²) in [7, 11) is 0. The predicted molar refractivity (Wildman–Crippen MR) is 73.9 cm³/mol. The fourth-order valence-corrected chi connectivity index (χ4v) is 1.89. The van der Waals surface area contributed by atoms with Crippen LogP contribution in [0, 0.1) is 0 Å². The van der Waals surface area contributed by atoms with Crippen molar-refractivity contribution in [1.82, 2.24) is 10.6 Å². The summed E-state index contributed by atoms with van der Waals surface area (Å²) in [5.74, 6) is 0.713. The number of hydrogen-bond acceptors (Lipinski definition) is 2. The van der Waals surface area contributed by atoms with Crippen molar-refractivity contribution in [3.05, 3.63) is 59.0 Å². The largest absolute Gasteiger partial charge is 0.467 e. The number of carbonyl (C=O) groups excluding carboxylic acids is 1. The third-order valence-corrected chi connectivity index (χ3v) is 2.93. The topological polar surface area (TPSA) is 54.3 Å². The van der Waals surface area contributed by atoms with E-state index in [1.165, 1.54) is 0 Å². The zero-order chi connectivity index (χ0) is 13.7. The molecule has 1 atom stereocenters. The summed E-state index contributed by atoms with van der Waals surface area (Å²) in [5.41, 5.74) is 0.959. The second-order valence-electron chi connectivity index (χ2n) is 4.18. The standard InChI is InChI=1S/C14H15ClN2O2/c1-10(11-4-2-5-12(15)8-11)17-14(18)16-9-13-6-3-7-19-13/h2-8,10H,9H2,1H3,(H2,16,17,18)/t10-/m0/s1. The smallest absolute Gasteiger partial charge is 0.315 e. The number of hydrogen-bond donors (Lipinski definition) is 2. The number of rotatable bonds is 4. The lowest BCUT2D eigenvalue weighted by atomic mass is 10.1. The molecule has 1 heterocycles. The second kappa shape index (κ2) is 6.29. The van der Waals surface area contributed by atoms with Crippen molar-refractivity contribution < 1.29 is 9.21 Å². The average molecular weight is 279 g/mol. The molecule has 2 amide bonds. The average Bonchev–Trinajstić information content (AvgIpc) is 2.89. The van der Waals surface area contributed by atoms with Gasteiger partial charge in [-0.3, -0.25) is 0 Å². The van der Waals surface area contributed by atoms with Crippen LogP contribution >= 0.6 is 11.6 Å². The van der Waals surface area contributed by atoms with Crippen LogP contribution in [0.3, 0.4) is 0 Å². The molecule has 2 N–H and O–H groups in total. The minimum atomic E-state index is -0.246. The Morgan fingerprint density at radius 2 is 2.21 bits per heavy atom. The van der Waals surface area contributed by atoms with Crippen LogP contribution in [0.2, 0.25) is 5.02 Å².